The van der Waals surface area contributed by atoms with Crippen LogP contribution in [0, 0.1) is 0 Å². The van der Waals surface area contributed by atoms with Gasteiger partial charge in [0.1, 0.15) is 6.04 Å². The van der Waals surface area contributed by atoms with Gasteiger partial charge in [0.05, 0.1) is 6.20 Å². The van der Waals surface area contributed by atoms with Crippen molar-refractivity contribution in [3.63, 3.8) is 0 Å². The van der Waals surface area contributed by atoms with Crippen molar-refractivity contribution in [3.05, 3.63) is 42.5 Å². The zero-order valence-corrected chi connectivity index (χ0v) is 9.94. The van der Waals surface area contributed by atoms with Crippen molar-refractivity contribution in [1.82, 2.24) is 20.0 Å². The fourth-order valence-electron chi connectivity index (χ4n) is 1.81. The second-order valence-electron chi connectivity index (χ2n) is 4.01. The molecule has 18 heavy (non-hydrogen) atoms. The lowest BCUT2D eigenvalue weighted by Crippen LogP contribution is -2.27. The Balaban J connectivity index is 1.89. The normalized spacial score (nSPS) is 12.2. The van der Waals surface area contributed by atoms with Crippen molar-refractivity contribution in [2.24, 2.45) is 5.73 Å². The summed E-state index contributed by atoms with van der Waals surface area (Å²) in [6, 6.07) is 5.36. The van der Waals surface area contributed by atoms with E-state index in [4.69, 9.17) is 5.73 Å². The van der Waals surface area contributed by atoms with Gasteiger partial charge in [-0.2, -0.15) is 0 Å². The molecule has 0 bridgehead atoms. The Hall–Kier alpha value is -2.24. The largest absolute Gasteiger partial charge is 0.368 e. The van der Waals surface area contributed by atoms with Crippen molar-refractivity contribution in [2.75, 3.05) is 0 Å². The highest BCUT2D eigenvalue weighted by Gasteiger charge is 2.17. The molecule has 2 heterocycles. The number of aryl methyl sites for hydroxylation is 1. The third kappa shape index (κ3) is 3.13. The lowest BCUT2D eigenvalue weighted by Gasteiger charge is -2.12. The van der Waals surface area contributed by atoms with Crippen LogP contribution in [0.1, 0.15) is 24.6 Å². The minimum Gasteiger partial charge on any atom is -0.368 e. The highest BCUT2D eigenvalue weighted by Crippen LogP contribution is 2.13. The van der Waals surface area contributed by atoms with Crippen LogP contribution >= 0.6 is 0 Å². The Kier molecular flexibility index (Phi) is 4.01. The Morgan fingerprint density at radius 2 is 2.28 bits per heavy atom. The topological polar surface area (TPSA) is 86.7 Å². The van der Waals surface area contributed by atoms with Crippen LogP contribution in [-0.4, -0.2) is 25.9 Å². The number of aromatic nitrogens is 4. The molecule has 2 aromatic heterocycles. The summed E-state index contributed by atoms with van der Waals surface area (Å²) in [4.78, 5) is 15.6. The van der Waals surface area contributed by atoms with Crippen molar-refractivity contribution >= 4 is 5.91 Å². The van der Waals surface area contributed by atoms with E-state index in [0.29, 0.717) is 6.42 Å². The van der Waals surface area contributed by atoms with Gasteiger partial charge in [0, 0.05) is 18.1 Å². The average Bonchev–Trinajstić information content (AvgIpc) is 2.89. The summed E-state index contributed by atoms with van der Waals surface area (Å²) in [5, 5.41) is 7.50. The molecule has 0 aromatic carbocycles. The number of pyridine rings is 1. The Labute approximate surface area is 105 Å². The Morgan fingerprint density at radius 3 is 2.89 bits per heavy atom. The predicted molar refractivity (Wildman–Crippen MR) is 65.4 cm³/mol. The summed E-state index contributed by atoms with van der Waals surface area (Å²) in [6.07, 6.45) is 7.22. The predicted octanol–water partition coefficient (Wildman–Crippen LogP) is 0.722. The van der Waals surface area contributed by atoms with Crippen molar-refractivity contribution in [3.8, 4) is 0 Å². The van der Waals surface area contributed by atoms with Gasteiger partial charge in [0.25, 0.3) is 0 Å². The fourth-order valence-corrected chi connectivity index (χ4v) is 1.81. The van der Waals surface area contributed by atoms with Crippen LogP contribution in [0.3, 0.4) is 0 Å². The van der Waals surface area contributed by atoms with Gasteiger partial charge in [-0.25, -0.2) is 4.68 Å². The average molecular weight is 245 g/mol. The maximum Gasteiger partial charge on any atom is 0.242 e. The molecule has 0 aliphatic carbocycles. The summed E-state index contributed by atoms with van der Waals surface area (Å²) < 4.78 is 1.50. The van der Waals surface area contributed by atoms with Gasteiger partial charge in [-0.1, -0.05) is 11.3 Å². The number of carbonyl (C=O) groups excluding carboxylic acids is 1. The molecule has 6 heteroatoms. The second kappa shape index (κ2) is 5.90. The SMILES string of the molecule is NC(=O)C(CCCc1ccccn1)n1ccnn1. The van der Waals surface area contributed by atoms with Crippen molar-refractivity contribution in [1.29, 1.82) is 0 Å². The lowest BCUT2D eigenvalue weighted by atomic mass is 10.1. The van der Waals surface area contributed by atoms with Crippen molar-refractivity contribution < 1.29 is 4.79 Å². The number of hydrogen-bond acceptors (Lipinski definition) is 4. The van der Waals surface area contributed by atoms with E-state index in [1.54, 1.807) is 12.4 Å². The first kappa shape index (κ1) is 12.2. The molecule has 0 saturated heterocycles. The molecule has 0 aliphatic heterocycles. The molecule has 1 unspecified atom stereocenters. The van der Waals surface area contributed by atoms with Gasteiger partial charge in [-0.3, -0.25) is 9.78 Å². The third-order valence-electron chi connectivity index (χ3n) is 2.73. The second-order valence-corrected chi connectivity index (χ2v) is 4.01. The van der Waals surface area contributed by atoms with Crippen LogP contribution in [0.5, 0.6) is 0 Å². The number of hydrogen-bond donors (Lipinski definition) is 1. The standard InChI is InChI=1S/C12H15N5O/c13-12(18)11(17-9-8-15-16-17)6-3-5-10-4-1-2-7-14-10/h1-2,4,7-9,11H,3,5-6H2,(H2,13,18). The zero-order valence-electron chi connectivity index (χ0n) is 9.94. The van der Waals surface area contributed by atoms with E-state index in [2.05, 4.69) is 15.3 Å². The quantitative estimate of drug-likeness (QED) is 0.812. The summed E-state index contributed by atoms with van der Waals surface area (Å²) >= 11 is 0. The van der Waals surface area contributed by atoms with E-state index in [1.165, 1.54) is 10.9 Å². The van der Waals surface area contributed by atoms with Gasteiger partial charge in [-0.05, 0) is 31.4 Å². The summed E-state index contributed by atoms with van der Waals surface area (Å²) in [6.45, 7) is 0. The Bertz CT molecular complexity index is 482. The Morgan fingerprint density at radius 1 is 1.39 bits per heavy atom. The van der Waals surface area contributed by atoms with Crippen LogP contribution < -0.4 is 5.73 Å². The van der Waals surface area contributed by atoms with Crippen LogP contribution in [0.25, 0.3) is 0 Å². The molecule has 2 rings (SSSR count). The molecule has 0 aliphatic rings. The fraction of sp³-hybridized carbons (Fsp3) is 0.333. The number of nitrogens with zero attached hydrogens (tertiary/aromatic N) is 4. The van der Waals surface area contributed by atoms with Gasteiger partial charge in [0.15, 0.2) is 0 Å². The van der Waals surface area contributed by atoms with E-state index in [1.807, 2.05) is 18.2 Å². The molecule has 1 atom stereocenters. The summed E-state index contributed by atoms with van der Waals surface area (Å²) in [5.74, 6) is -0.387. The molecule has 6 nitrogen and oxygen atoms in total. The highest BCUT2D eigenvalue weighted by atomic mass is 16.1. The molecule has 2 N–H and O–H groups in total. The van der Waals surface area contributed by atoms with E-state index in [-0.39, 0.29) is 5.91 Å². The van der Waals surface area contributed by atoms with Crippen LogP contribution in [0.2, 0.25) is 0 Å². The number of rotatable bonds is 6. The smallest absolute Gasteiger partial charge is 0.242 e. The summed E-state index contributed by atoms with van der Waals surface area (Å²) in [5.41, 5.74) is 6.38. The molecule has 0 spiro atoms. The monoisotopic (exact) mass is 245 g/mol. The minimum atomic E-state index is -0.434. The molecular weight excluding hydrogens is 230 g/mol. The minimum absolute atomic E-state index is 0.387. The van der Waals surface area contributed by atoms with Gasteiger partial charge >= 0.3 is 0 Å². The van der Waals surface area contributed by atoms with Crippen LogP contribution in [0.15, 0.2) is 36.8 Å². The van der Waals surface area contributed by atoms with Crippen LogP contribution in [-0.2, 0) is 11.2 Å². The van der Waals surface area contributed by atoms with Gasteiger partial charge in [-0.15, -0.1) is 5.10 Å². The maximum absolute atomic E-state index is 11.4. The van der Waals surface area contributed by atoms with Crippen LogP contribution in [0.4, 0.5) is 0 Å². The maximum atomic E-state index is 11.4. The first-order valence-corrected chi connectivity index (χ1v) is 5.82. The van der Waals surface area contributed by atoms with E-state index in [9.17, 15) is 4.79 Å². The number of primary amides is 1. The molecule has 2 aromatic rings. The first-order chi connectivity index (χ1) is 8.77. The summed E-state index contributed by atoms with van der Waals surface area (Å²) in [7, 11) is 0. The molecule has 1 amide bonds. The molecule has 0 fully saturated rings. The zero-order chi connectivity index (χ0) is 12.8. The van der Waals surface area contributed by atoms with Crippen molar-refractivity contribution in [2.45, 2.75) is 25.3 Å². The molecular formula is C12H15N5O. The molecule has 0 saturated carbocycles. The van der Waals surface area contributed by atoms with Gasteiger partial charge < -0.3 is 5.73 Å². The molecule has 94 valence electrons. The first-order valence-electron chi connectivity index (χ1n) is 5.82. The van der Waals surface area contributed by atoms with E-state index in [0.717, 1.165) is 18.5 Å². The molecule has 0 radical (unpaired) electrons. The number of amides is 1. The lowest BCUT2D eigenvalue weighted by molar-refractivity contribution is -0.121. The number of carbonyl (C=O) groups is 1. The van der Waals surface area contributed by atoms with E-state index >= 15 is 0 Å². The van der Waals surface area contributed by atoms with E-state index < -0.39 is 6.04 Å². The highest BCUT2D eigenvalue weighted by molar-refractivity contribution is 5.78. The van der Waals surface area contributed by atoms with Gasteiger partial charge in [0.2, 0.25) is 5.91 Å². The third-order valence-corrected chi connectivity index (χ3v) is 2.73. The number of nitrogens with two attached hydrogens (primary N) is 1.